The minimum Gasteiger partial charge on any atom is -0.494 e. The fraction of sp³-hybridized carbons (Fsp3) is 0.565. The summed E-state index contributed by atoms with van der Waals surface area (Å²) in [6.45, 7) is 5.06. The van der Waals surface area contributed by atoms with E-state index in [9.17, 15) is 0 Å². The molecule has 2 aromatic carbocycles. The molecule has 0 aromatic heterocycles. The first kappa shape index (κ1) is 17.3. The Morgan fingerprint density at radius 1 is 0.875 bits per heavy atom. The fourth-order valence-corrected chi connectivity index (χ4v) is 4.22. The van der Waals surface area contributed by atoms with Gasteiger partial charge in [0, 0.05) is 0 Å². The summed E-state index contributed by atoms with van der Waals surface area (Å²) in [5.41, 5.74) is 1.54. The van der Waals surface area contributed by atoms with Crippen LogP contribution in [-0.4, -0.2) is 6.61 Å². The van der Waals surface area contributed by atoms with Crippen LogP contribution < -0.4 is 4.74 Å². The van der Waals surface area contributed by atoms with Gasteiger partial charge < -0.3 is 4.74 Å². The Hall–Kier alpha value is -1.50. The Kier molecular flexibility index (Phi) is 6.18. The van der Waals surface area contributed by atoms with E-state index in [1.165, 1.54) is 62.1 Å². The van der Waals surface area contributed by atoms with Crippen molar-refractivity contribution in [1.29, 1.82) is 0 Å². The lowest BCUT2D eigenvalue weighted by Gasteiger charge is -2.29. The molecule has 1 aliphatic rings. The summed E-state index contributed by atoms with van der Waals surface area (Å²) >= 11 is 0. The van der Waals surface area contributed by atoms with Crippen molar-refractivity contribution in [2.45, 2.75) is 71.1 Å². The van der Waals surface area contributed by atoms with Crippen LogP contribution in [0.25, 0.3) is 10.8 Å². The number of ether oxygens (including phenoxy) is 1. The fourth-order valence-electron chi connectivity index (χ4n) is 4.22. The van der Waals surface area contributed by atoms with Gasteiger partial charge in [-0.2, -0.15) is 0 Å². The van der Waals surface area contributed by atoms with Gasteiger partial charge in [0.05, 0.1) is 6.61 Å². The molecule has 1 aliphatic carbocycles. The molecule has 1 saturated carbocycles. The molecular formula is C23H32O. The second-order valence-electron chi connectivity index (χ2n) is 7.41. The zero-order valence-electron chi connectivity index (χ0n) is 15.4. The van der Waals surface area contributed by atoms with E-state index in [1.807, 2.05) is 6.92 Å². The molecule has 0 saturated heterocycles. The molecule has 0 bridgehead atoms. The van der Waals surface area contributed by atoms with Crippen LogP contribution in [0.1, 0.15) is 76.7 Å². The van der Waals surface area contributed by atoms with E-state index in [0.29, 0.717) is 0 Å². The molecule has 0 amide bonds. The molecule has 0 radical (unpaired) electrons. The number of rotatable bonds is 7. The Balaban J connectivity index is 1.62. The number of hydrogen-bond acceptors (Lipinski definition) is 1. The topological polar surface area (TPSA) is 9.23 Å². The van der Waals surface area contributed by atoms with Crippen molar-refractivity contribution in [2.24, 2.45) is 5.92 Å². The molecule has 0 N–H and O–H groups in total. The highest BCUT2D eigenvalue weighted by Crippen LogP contribution is 2.38. The molecule has 0 heterocycles. The SMILES string of the molecule is CCCCC[C@H]1CC[C@H](c2ccc3cc(OCC)ccc3c2)CC1. The Bertz CT molecular complexity index is 638. The van der Waals surface area contributed by atoms with Gasteiger partial charge in [0.15, 0.2) is 0 Å². The number of fused-ring (bicyclic) bond motifs is 1. The quantitative estimate of drug-likeness (QED) is 0.494. The lowest BCUT2D eigenvalue weighted by molar-refractivity contribution is 0.303. The predicted octanol–water partition coefficient (Wildman–Crippen LogP) is 7.09. The number of unbranched alkanes of at least 4 members (excludes halogenated alkanes) is 2. The van der Waals surface area contributed by atoms with E-state index in [4.69, 9.17) is 4.74 Å². The highest BCUT2D eigenvalue weighted by molar-refractivity contribution is 5.84. The van der Waals surface area contributed by atoms with E-state index in [2.05, 4.69) is 43.3 Å². The van der Waals surface area contributed by atoms with Gasteiger partial charge in [0.2, 0.25) is 0 Å². The Labute approximate surface area is 147 Å². The van der Waals surface area contributed by atoms with Gasteiger partial charge >= 0.3 is 0 Å². The van der Waals surface area contributed by atoms with E-state index < -0.39 is 0 Å². The first-order valence-corrected chi connectivity index (χ1v) is 9.96. The van der Waals surface area contributed by atoms with Crippen LogP contribution >= 0.6 is 0 Å². The van der Waals surface area contributed by atoms with Gasteiger partial charge in [-0.25, -0.2) is 0 Å². The third-order valence-electron chi connectivity index (χ3n) is 5.68. The second-order valence-corrected chi connectivity index (χ2v) is 7.41. The van der Waals surface area contributed by atoms with Crippen molar-refractivity contribution in [3.63, 3.8) is 0 Å². The third-order valence-corrected chi connectivity index (χ3v) is 5.68. The predicted molar refractivity (Wildman–Crippen MR) is 104 cm³/mol. The molecule has 0 spiro atoms. The lowest BCUT2D eigenvalue weighted by Crippen LogP contribution is -2.13. The van der Waals surface area contributed by atoms with Crippen LogP contribution in [0, 0.1) is 5.92 Å². The van der Waals surface area contributed by atoms with Gasteiger partial charge in [-0.3, -0.25) is 0 Å². The smallest absolute Gasteiger partial charge is 0.119 e. The first-order valence-electron chi connectivity index (χ1n) is 9.96. The maximum atomic E-state index is 5.61. The first-order chi connectivity index (χ1) is 11.8. The molecular weight excluding hydrogens is 292 g/mol. The zero-order chi connectivity index (χ0) is 16.8. The summed E-state index contributed by atoms with van der Waals surface area (Å²) < 4.78 is 5.61. The van der Waals surface area contributed by atoms with Crippen LogP contribution in [0.5, 0.6) is 5.75 Å². The standard InChI is InChI=1S/C23H32O/c1-3-5-6-7-18-8-10-19(11-9-18)20-12-13-22-17-23(24-4-2)15-14-21(22)16-20/h12-19H,3-11H2,1-2H3/t18-,19-. The highest BCUT2D eigenvalue weighted by Gasteiger charge is 2.22. The van der Waals surface area contributed by atoms with Gasteiger partial charge in [-0.15, -0.1) is 0 Å². The largest absolute Gasteiger partial charge is 0.494 e. The van der Waals surface area contributed by atoms with Crippen LogP contribution in [0.4, 0.5) is 0 Å². The summed E-state index contributed by atoms with van der Waals surface area (Å²) in [4.78, 5) is 0. The van der Waals surface area contributed by atoms with E-state index >= 15 is 0 Å². The Morgan fingerprint density at radius 3 is 2.38 bits per heavy atom. The molecule has 1 fully saturated rings. The normalized spacial score (nSPS) is 21.1. The van der Waals surface area contributed by atoms with Crippen LogP contribution in [-0.2, 0) is 0 Å². The molecule has 0 unspecified atom stereocenters. The minimum absolute atomic E-state index is 0.727. The van der Waals surface area contributed by atoms with Crippen molar-refractivity contribution in [1.82, 2.24) is 0 Å². The summed E-state index contributed by atoms with van der Waals surface area (Å²) in [6.07, 6.45) is 11.2. The van der Waals surface area contributed by atoms with E-state index in [0.717, 1.165) is 24.2 Å². The average Bonchev–Trinajstić information content (AvgIpc) is 2.62. The van der Waals surface area contributed by atoms with Crippen molar-refractivity contribution < 1.29 is 4.74 Å². The number of benzene rings is 2. The van der Waals surface area contributed by atoms with Crippen molar-refractivity contribution >= 4 is 10.8 Å². The van der Waals surface area contributed by atoms with Gasteiger partial charge in [-0.1, -0.05) is 56.9 Å². The molecule has 1 nitrogen and oxygen atoms in total. The zero-order valence-corrected chi connectivity index (χ0v) is 15.4. The number of hydrogen-bond donors (Lipinski definition) is 0. The monoisotopic (exact) mass is 324 g/mol. The molecule has 130 valence electrons. The molecule has 3 rings (SSSR count). The molecule has 2 aromatic rings. The van der Waals surface area contributed by atoms with Gasteiger partial charge in [0.1, 0.15) is 5.75 Å². The second kappa shape index (κ2) is 8.55. The third kappa shape index (κ3) is 4.32. The molecule has 24 heavy (non-hydrogen) atoms. The van der Waals surface area contributed by atoms with Gasteiger partial charge in [-0.05, 0) is 72.9 Å². The average molecular weight is 325 g/mol. The van der Waals surface area contributed by atoms with Crippen LogP contribution in [0.15, 0.2) is 36.4 Å². The van der Waals surface area contributed by atoms with E-state index in [1.54, 1.807) is 5.56 Å². The molecule has 0 atom stereocenters. The maximum absolute atomic E-state index is 5.61. The Morgan fingerprint density at radius 2 is 1.62 bits per heavy atom. The molecule has 0 aliphatic heterocycles. The van der Waals surface area contributed by atoms with Crippen LogP contribution in [0.3, 0.4) is 0 Å². The van der Waals surface area contributed by atoms with E-state index in [-0.39, 0.29) is 0 Å². The summed E-state index contributed by atoms with van der Waals surface area (Å²) in [5.74, 6) is 2.73. The highest BCUT2D eigenvalue weighted by atomic mass is 16.5. The van der Waals surface area contributed by atoms with Gasteiger partial charge in [0.25, 0.3) is 0 Å². The van der Waals surface area contributed by atoms with Crippen LogP contribution in [0.2, 0.25) is 0 Å². The summed E-state index contributed by atoms with van der Waals surface area (Å²) in [7, 11) is 0. The molecule has 1 heteroatoms. The van der Waals surface area contributed by atoms with Crippen molar-refractivity contribution in [3.05, 3.63) is 42.0 Å². The van der Waals surface area contributed by atoms with Crippen molar-refractivity contribution in [3.8, 4) is 5.75 Å². The lowest BCUT2D eigenvalue weighted by atomic mass is 9.77. The maximum Gasteiger partial charge on any atom is 0.119 e. The summed E-state index contributed by atoms with van der Waals surface area (Å²) in [5, 5.41) is 2.64. The van der Waals surface area contributed by atoms with Crippen molar-refractivity contribution in [2.75, 3.05) is 6.61 Å². The summed E-state index contributed by atoms with van der Waals surface area (Å²) in [6, 6.07) is 13.5. The minimum atomic E-state index is 0.727.